The van der Waals surface area contributed by atoms with Crippen molar-refractivity contribution in [2.75, 3.05) is 25.4 Å². The van der Waals surface area contributed by atoms with E-state index < -0.39 is 0 Å². The molecule has 3 nitrogen and oxygen atoms in total. The van der Waals surface area contributed by atoms with Crippen molar-refractivity contribution in [3.05, 3.63) is 29.8 Å². The minimum absolute atomic E-state index is 0.495. The first-order chi connectivity index (χ1) is 8.29. The summed E-state index contributed by atoms with van der Waals surface area (Å²) in [6, 6.07) is 8.21. The van der Waals surface area contributed by atoms with Crippen LogP contribution in [0.25, 0.3) is 0 Å². The van der Waals surface area contributed by atoms with Crippen LogP contribution in [0.3, 0.4) is 0 Å². The Morgan fingerprint density at radius 2 is 2.00 bits per heavy atom. The van der Waals surface area contributed by atoms with Crippen molar-refractivity contribution in [2.24, 2.45) is 0 Å². The lowest BCUT2D eigenvalue weighted by Gasteiger charge is -2.32. The fraction of sp³-hybridized carbons (Fsp3) is 0.571. The van der Waals surface area contributed by atoms with Gasteiger partial charge in [-0.1, -0.05) is 12.1 Å². The Balaban J connectivity index is 1.54. The van der Waals surface area contributed by atoms with E-state index in [9.17, 15) is 0 Å². The van der Waals surface area contributed by atoms with Gasteiger partial charge >= 0.3 is 0 Å². The number of hydrogen-bond acceptors (Lipinski definition) is 3. The van der Waals surface area contributed by atoms with Gasteiger partial charge in [-0.15, -0.1) is 0 Å². The second-order valence-electron chi connectivity index (χ2n) is 5.21. The summed E-state index contributed by atoms with van der Waals surface area (Å²) in [7, 11) is 0. The zero-order valence-corrected chi connectivity index (χ0v) is 10.1. The maximum absolute atomic E-state index is 5.84. The predicted molar refractivity (Wildman–Crippen MR) is 68.9 cm³/mol. The van der Waals surface area contributed by atoms with Crippen molar-refractivity contribution >= 4 is 5.69 Å². The zero-order valence-electron chi connectivity index (χ0n) is 10.1. The number of nitrogen functional groups attached to an aromatic ring is 1. The quantitative estimate of drug-likeness (QED) is 0.806. The summed E-state index contributed by atoms with van der Waals surface area (Å²) in [5, 5.41) is 0. The van der Waals surface area contributed by atoms with E-state index in [1.54, 1.807) is 0 Å². The molecule has 0 radical (unpaired) electrons. The fourth-order valence-corrected chi connectivity index (χ4v) is 2.92. The Morgan fingerprint density at radius 3 is 2.71 bits per heavy atom. The Kier molecular flexibility index (Phi) is 3.04. The standard InChI is InChI=1S/C14H20N2O/c15-12-3-1-2-11(8-12)6-7-16-9-13-4-5-14(10-16)17-13/h1-3,8,13-14H,4-7,9-10,15H2. The third-order valence-electron chi connectivity index (χ3n) is 3.79. The number of hydrogen-bond donors (Lipinski definition) is 1. The predicted octanol–water partition coefficient (Wildman–Crippen LogP) is 1.67. The molecule has 0 spiro atoms. The molecule has 2 aliphatic rings. The van der Waals surface area contributed by atoms with E-state index in [4.69, 9.17) is 10.5 Å². The minimum atomic E-state index is 0.495. The number of morpholine rings is 1. The summed E-state index contributed by atoms with van der Waals surface area (Å²) in [6.07, 6.45) is 4.58. The highest BCUT2D eigenvalue weighted by Gasteiger charge is 2.33. The third kappa shape index (κ3) is 2.61. The maximum Gasteiger partial charge on any atom is 0.0707 e. The van der Waals surface area contributed by atoms with Gasteiger partial charge in [0, 0.05) is 25.3 Å². The molecule has 2 unspecified atom stereocenters. The van der Waals surface area contributed by atoms with Crippen LogP contribution in [0.2, 0.25) is 0 Å². The topological polar surface area (TPSA) is 38.5 Å². The minimum Gasteiger partial charge on any atom is -0.399 e. The highest BCUT2D eigenvalue weighted by molar-refractivity contribution is 5.40. The van der Waals surface area contributed by atoms with E-state index in [1.165, 1.54) is 18.4 Å². The largest absolute Gasteiger partial charge is 0.399 e. The molecule has 2 heterocycles. The molecule has 2 bridgehead atoms. The van der Waals surface area contributed by atoms with Gasteiger partial charge in [0.05, 0.1) is 12.2 Å². The molecule has 92 valence electrons. The van der Waals surface area contributed by atoms with Crippen LogP contribution >= 0.6 is 0 Å². The SMILES string of the molecule is Nc1cccc(CCN2CC3CCC(C2)O3)c1. The van der Waals surface area contributed by atoms with Crippen LogP contribution in [-0.4, -0.2) is 36.7 Å². The van der Waals surface area contributed by atoms with E-state index in [-0.39, 0.29) is 0 Å². The summed E-state index contributed by atoms with van der Waals surface area (Å²) in [5.41, 5.74) is 7.99. The summed E-state index contributed by atoms with van der Waals surface area (Å²) in [4.78, 5) is 2.54. The van der Waals surface area contributed by atoms with E-state index in [0.717, 1.165) is 31.7 Å². The smallest absolute Gasteiger partial charge is 0.0707 e. The van der Waals surface area contributed by atoms with Gasteiger partial charge in [-0.2, -0.15) is 0 Å². The lowest BCUT2D eigenvalue weighted by Crippen LogP contribution is -2.43. The van der Waals surface area contributed by atoms with Gasteiger partial charge in [0.2, 0.25) is 0 Å². The van der Waals surface area contributed by atoms with Crippen LogP contribution in [0.4, 0.5) is 5.69 Å². The molecule has 0 saturated carbocycles. The molecular formula is C14H20N2O. The van der Waals surface area contributed by atoms with Crippen LogP contribution in [0, 0.1) is 0 Å². The van der Waals surface area contributed by atoms with E-state index >= 15 is 0 Å². The number of benzene rings is 1. The van der Waals surface area contributed by atoms with E-state index in [0.29, 0.717) is 12.2 Å². The number of ether oxygens (including phenoxy) is 1. The molecule has 2 aliphatic heterocycles. The summed E-state index contributed by atoms with van der Waals surface area (Å²) >= 11 is 0. The van der Waals surface area contributed by atoms with Gasteiger partial charge in [-0.3, -0.25) is 4.90 Å². The van der Waals surface area contributed by atoms with Gasteiger partial charge in [-0.25, -0.2) is 0 Å². The van der Waals surface area contributed by atoms with Gasteiger partial charge in [0.1, 0.15) is 0 Å². The number of nitrogens with zero attached hydrogens (tertiary/aromatic N) is 1. The highest BCUT2D eigenvalue weighted by atomic mass is 16.5. The summed E-state index contributed by atoms with van der Waals surface area (Å²) in [6.45, 7) is 3.34. The van der Waals surface area contributed by atoms with Crippen molar-refractivity contribution in [1.29, 1.82) is 0 Å². The van der Waals surface area contributed by atoms with Crippen LogP contribution in [0.15, 0.2) is 24.3 Å². The van der Waals surface area contributed by atoms with Crippen LogP contribution in [-0.2, 0) is 11.2 Å². The highest BCUT2D eigenvalue weighted by Crippen LogP contribution is 2.26. The maximum atomic E-state index is 5.84. The second-order valence-corrected chi connectivity index (χ2v) is 5.21. The van der Waals surface area contributed by atoms with Gasteiger partial charge < -0.3 is 10.5 Å². The first-order valence-corrected chi connectivity index (χ1v) is 6.52. The molecule has 2 atom stereocenters. The zero-order chi connectivity index (χ0) is 11.7. The van der Waals surface area contributed by atoms with E-state index in [2.05, 4.69) is 17.0 Å². The lowest BCUT2D eigenvalue weighted by atomic mass is 10.1. The molecule has 17 heavy (non-hydrogen) atoms. The number of rotatable bonds is 3. The van der Waals surface area contributed by atoms with Crippen molar-refractivity contribution in [2.45, 2.75) is 31.5 Å². The average Bonchev–Trinajstić information content (AvgIpc) is 2.66. The Labute approximate surface area is 103 Å². The normalized spacial score (nSPS) is 28.5. The molecule has 2 saturated heterocycles. The molecular weight excluding hydrogens is 212 g/mol. The number of likely N-dealkylation sites (tertiary alicyclic amines) is 1. The molecule has 1 aromatic carbocycles. The molecule has 0 aliphatic carbocycles. The monoisotopic (exact) mass is 232 g/mol. The van der Waals surface area contributed by atoms with Crippen molar-refractivity contribution in [3.63, 3.8) is 0 Å². The van der Waals surface area contributed by atoms with Crippen LogP contribution in [0.1, 0.15) is 18.4 Å². The van der Waals surface area contributed by atoms with Crippen LogP contribution in [0.5, 0.6) is 0 Å². The fourth-order valence-electron chi connectivity index (χ4n) is 2.92. The Hall–Kier alpha value is -1.06. The summed E-state index contributed by atoms with van der Waals surface area (Å²) < 4.78 is 5.84. The molecule has 0 aromatic heterocycles. The lowest BCUT2D eigenvalue weighted by molar-refractivity contribution is -0.0377. The van der Waals surface area contributed by atoms with Gasteiger partial charge in [0.25, 0.3) is 0 Å². The van der Waals surface area contributed by atoms with Crippen LogP contribution < -0.4 is 5.73 Å². The molecule has 3 rings (SSSR count). The van der Waals surface area contributed by atoms with Crippen molar-refractivity contribution < 1.29 is 4.74 Å². The van der Waals surface area contributed by atoms with E-state index in [1.807, 2.05) is 12.1 Å². The summed E-state index contributed by atoms with van der Waals surface area (Å²) in [5.74, 6) is 0. The molecule has 1 aromatic rings. The Bertz CT molecular complexity index is 382. The molecule has 0 amide bonds. The van der Waals surface area contributed by atoms with Crippen molar-refractivity contribution in [3.8, 4) is 0 Å². The van der Waals surface area contributed by atoms with Crippen molar-refractivity contribution in [1.82, 2.24) is 4.90 Å². The second kappa shape index (κ2) is 4.67. The average molecular weight is 232 g/mol. The third-order valence-corrected chi connectivity index (χ3v) is 3.79. The number of anilines is 1. The molecule has 2 fully saturated rings. The first-order valence-electron chi connectivity index (χ1n) is 6.52. The number of nitrogens with two attached hydrogens (primary N) is 1. The number of fused-ring (bicyclic) bond motifs is 2. The molecule has 2 N–H and O–H groups in total. The Morgan fingerprint density at radius 1 is 1.24 bits per heavy atom. The van der Waals surface area contributed by atoms with Gasteiger partial charge in [0.15, 0.2) is 0 Å². The van der Waals surface area contributed by atoms with Gasteiger partial charge in [-0.05, 0) is 37.0 Å². The molecule has 3 heteroatoms. The first kappa shape index (κ1) is 11.1.